The molecule has 1 amide bonds. The lowest BCUT2D eigenvalue weighted by molar-refractivity contribution is -0.143. The van der Waals surface area contributed by atoms with Crippen molar-refractivity contribution in [1.29, 1.82) is 0 Å². The number of aromatic nitrogens is 1. The second-order valence-corrected chi connectivity index (χ2v) is 6.54. The number of ether oxygens (including phenoxy) is 1. The summed E-state index contributed by atoms with van der Waals surface area (Å²) in [6, 6.07) is 13.9. The highest BCUT2D eigenvalue weighted by Gasteiger charge is 2.15. The molecule has 1 heterocycles. The number of nitrogens with zero attached hydrogens (tertiary/aromatic N) is 2. The maximum atomic E-state index is 14.3. The van der Waals surface area contributed by atoms with Gasteiger partial charge in [-0.1, -0.05) is 47.7 Å². The molecule has 0 N–H and O–H groups in total. The summed E-state index contributed by atoms with van der Waals surface area (Å²) in [7, 11) is 0. The molecule has 0 aliphatic heterocycles. The molecule has 0 radical (unpaired) electrons. The second kappa shape index (κ2) is 8.05. The third-order valence-corrected chi connectivity index (χ3v) is 4.71. The number of esters is 1. The van der Waals surface area contributed by atoms with Gasteiger partial charge in [-0.05, 0) is 24.6 Å². The van der Waals surface area contributed by atoms with Crippen LogP contribution in [-0.4, -0.2) is 23.1 Å². The number of carbonyl (C=O) groups excluding carboxylic acids is 2. The Kier molecular flexibility index (Phi) is 5.58. The summed E-state index contributed by atoms with van der Waals surface area (Å²) in [6.07, 6.45) is 0.136. The number of thiazole rings is 1. The highest BCUT2D eigenvalue weighted by Crippen LogP contribution is 2.20. The molecule has 0 fully saturated rings. The van der Waals surface area contributed by atoms with E-state index in [-0.39, 0.29) is 35.8 Å². The molecule has 26 heavy (non-hydrogen) atoms. The lowest BCUT2D eigenvalue weighted by atomic mass is 10.1. The fourth-order valence-corrected chi connectivity index (χ4v) is 3.63. The average Bonchev–Trinajstić information content (AvgIpc) is 2.94. The van der Waals surface area contributed by atoms with Crippen molar-refractivity contribution in [3.63, 3.8) is 0 Å². The Labute approximate surface area is 153 Å². The molecule has 0 saturated heterocycles. The first-order valence-corrected chi connectivity index (χ1v) is 8.95. The topological polar surface area (TPSA) is 60.7 Å². The van der Waals surface area contributed by atoms with Crippen LogP contribution < -0.4 is 4.80 Å². The number of hydrogen-bond donors (Lipinski definition) is 0. The van der Waals surface area contributed by atoms with Gasteiger partial charge in [-0.3, -0.25) is 9.59 Å². The molecular weight excluding hydrogens is 355 g/mol. The van der Waals surface area contributed by atoms with E-state index in [1.54, 1.807) is 19.1 Å². The highest BCUT2D eigenvalue weighted by atomic mass is 32.1. The van der Waals surface area contributed by atoms with Gasteiger partial charge in [-0.15, -0.1) is 0 Å². The van der Waals surface area contributed by atoms with Crippen molar-refractivity contribution in [2.45, 2.75) is 19.9 Å². The number of rotatable bonds is 5. The Hall–Kier alpha value is -2.80. The van der Waals surface area contributed by atoms with Crippen LogP contribution in [0.25, 0.3) is 10.2 Å². The molecular formula is C19H17FN2O3S. The van der Waals surface area contributed by atoms with Crippen LogP contribution in [0.5, 0.6) is 0 Å². The molecule has 0 saturated carbocycles. The van der Waals surface area contributed by atoms with Crippen LogP contribution in [0, 0.1) is 5.82 Å². The van der Waals surface area contributed by atoms with E-state index >= 15 is 0 Å². The second-order valence-electron chi connectivity index (χ2n) is 5.53. The fraction of sp³-hybridized carbons (Fsp3) is 0.211. The minimum Gasteiger partial charge on any atom is -0.465 e. The maximum absolute atomic E-state index is 14.3. The SMILES string of the molecule is CCOC(=O)Cn1c(=NC(=O)Cc2ccccc2)sc2cccc(F)c21. The van der Waals surface area contributed by atoms with Crippen LogP contribution >= 0.6 is 11.3 Å². The van der Waals surface area contributed by atoms with Crippen LogP contribution in [-0.2, 0) is 27.3 Å². The van der Waals surface area contributed by atoms with Gasteiger partial charge in [0.25, 0.3) is 5.91 Å². The van der Waals surface area contributed by atoms with Crippen LogP contribution in [0.3, 0.4) is 0 Å². The van der Waals surface area contributed by atoms with Crippen molar-refractivity contribution in [2.24, 2.45) is 4.99 Å². The summed E-state index contributed by atoms with van der Waals surface area (Å²) < 4.78 is 21.3. The van der Waals surface area contributed by atoms with Gasteiger partial charge in [0.05, 0.1) is 23.2 Å². The van der Waals surface area contributed by atoms with Gasteiger partial charge in [-0.2, -0.15) is 4.99 Å². The smallest absolute Gasteiger partial charge is 0.326 e. The number of benzene rings is 2. The van der Waals surface area contributed by atoms with Crippen molar-refractivity contribution in [1.82, 2.24) is 4.57 Å². The Morgan fingerprint density at radius 2 is 1.92 bits per heavy atom. The van der Waals surface area contributed by atoms with E-state index in [0.717, 1.165) is 16.9 Å². The Morgan fingerprint density at radius 3 is 2.65 bits per heavy atom. The Morgan fingerprint density at radius 1 is 1.15 bits per heavy atom. The first-order valence-electron chi connectivity index (χ1n) is 8.13. The summed E-state index contributed by atoms with van der Waals surface area (Å²) in [6.45, 7) is 1.72. The predicted molar refractivity (Wildman–Crippen MR) is 97.1 cm³/mol. The molecule has 0 spiro atoms. The summed E-state index contributed by atoms with van der Waals surface area (Å²) in [5.74, 6) is -1.34. The van der Waals surface area contributed by atoms with Gasteiger partial charge in [-0.25, -0.2) is 4.39 Å². The van der Waals surface area contributed by atoms with E-state index in [1.165, 1.54) is 10.6 Å². The van der Waals surface area contributed by atoms with Crippen molar-refractivity contribution in [3.05, 3.63) is 64.7 Å². The molecule has 0 aliphatic rings. The number of fused-ring (bicyclic) bond motifs is 1. The quantitative estimate of drug-likeness (QED) is 0.647. The van der Waals surface area contributed by atoms with E-state index in [1.807, 2.05) is 30.3 Å². The van der Waals surface area contributed by atoms with E-state index in [0.29, 0.717) is 4.70 Å². The van der Waals surface area contributed by atoms with Crippen molar-refractivity contribution < 1.29 is 18.7 Å². The molecule has 0 aliphatic carbocycles. The zero-order valence-corrected chi connectivity index (χ0v) is 15.0. The molecule has 7 heteroatoms. The minimum absolute atomic E-state index is 0.136. The number of para-hydroxylation sites is 1. The average molecular weight is 372 g/mol. The van der Waals surface area contributed by atoms with Crippen LogP contribution in [0.2, 0.25) is 0 Å². The van der Waals surface area contributed by atoms with E-state index < -0.39 is 11.8 Å². The first-order chi connectivity index (χ1) is 12.6. The standard InChI is InChI=1S/C19H17FN2O3S/c1-2-25-17(24)12-22-18-14(20)9-6-10-15(18)26-19(22)21-16(23)11-13-7-4-3-5-8-13/h3-10H,2,11-12H2,1H3. The summed E-state index contributed by atoms with van der Waals surface area (Å²) in [4.78, 5) is 28.6. The Balaban J connectivity index is 2.02. The molecule has 5 nitrogen and oxygen atoms in total. The lowest BCUT2D eigenvalue weighted by Gasteiger charge is -2.05. The third kappa shape index (κ3) is 4.05. The van der Waals surface area contributed by atoms with Crippen LogP contribution in [0.15, 0.2) is 53.5 Å². The van der Waals surface area contributed by atoms with Crippen molar-refractivity contribution >= 4 is 33.4 Å². The van der Waals surface area contributed by atoms with E-state index in [4.69, 9.17) is 4.74 Å². The molecule has 2 aromatic carbocycles. The lowest BCUT2D eigenvalue weighted by Crippen LogP contribution is -2.23. The Bertz CT molecular complexity index is 1010. The third-order valence-electron chi connectivity index (χ3n) is 3.66. The van der Waals surface area contributed by atoms with Crippen molar-refractivity contribution in [3.8, 4) is 0 Å². The monoisotopic (exact) mass is 372 g/mol. The predicted octanol–water partition coefficient (Wildman–Crippen LogP) is 3.08. The largest absolute Gasteiger partial charge is 0.465 e. The molecule has 0 atom stereocenters. The maximum Gasteiger partial charge on any atom is 0.326 e. The fourth-order valence-electron chi connectivity index (χ4n) is 2.57. The molecule has 134 valence electrons. The van der Waals surface area contributed by atoms with Gasteiger partial charge in [0.1, 0.15) is 12.4 Å². The zero-order valence-electron chi connectivity index (χ0n) is 14.1. The molecule has 3 aromatic rings. The van der Waals surface area contributed by atoms with Crippen LogP contribution in [0.1, 0.15) is 12.5 Å². The van der Waals surface area contributed by atoms with Gasteiger partial charge < -0.3 is 9.30 Å². The molecule has 0 bridgehead atoms. The van der Waals surface area contributed by atoms with E-state index in [2.05, 4.69) is 4.99 Å². The van der Waals surface area contributed by atoms with Gasteiger partial charge in [0, 0.05) is 0 Å². The van der Waals surface area contributed by atoms with Gasteiger partial charge in [0.2, 0.25) is 0 Å². The molecule has 0 unspecified atom stereocenters. The minimum atomic E-state index is -0.507. The zero-order chi connectivity index (χ0) is 18.5. The molecule has 1 aromatic heterocycles. The van der Waals surface area contributed by atoms with Crippen molar-refractivity contribution in [2.75, 3.05) is 6.61 Å². The summed E-state index contributed by atoms with van der Waals surface area (Å²) in [5, 5.41) is 0. The van der Waals surface area contributed by atoms with Crippen LogP contribution in [0.4, 0.5) is 4.39 Å². The number of carbonyl (C=O) groups is 2. The number of hydrogen-bond acceptors (Lipinski definition) is 4. The first kappa shape index (κ1) is 18.0. The number of amides is 1. The molecule has 3 rings (SSSR count). The van der Waals surface area contributed by atoms with E-state index in [9.17, 15) is 14.0 Å². The van der Waals surface area contributed by atoms with Gasteiger partial charge in [0.15, 0.2) is 4.80 Å². The van der Waals surface area contributed by atoms with Gasteiger partial charge >= 0.3 is 5.97 Å². The number of halogens is 1. The summed E-state index contributed by atoms with van der Waals surface area (Å²) >= 11 is 1.16. The summed E-state index contributed by atoms with van der Waals surface area (Å²) in [5.41, 5.74) is 1.09. The normalized spacial score (nSPS) is 11.7. The highest BCUT2D eigenvalue weighted by molar-refractivity contribution is 7.16.